The molecule has 0 radical (unpaired) electrons. The van der Waals surface area contributed by atoms with Crippen LogP contribution in [-0.2, 0) is 16.1 Å². The Morgan fingerprint density at radius 3 is 2.08 bits per heavy atom. The van der Waals surface area contributed by atoms with Crippen molar-refractivity contribution in [2.75, 3.05) is 0 Å². The second kappa shape index (κ2) is 11.1. The van der Waals surface area contributed by atoms with Crippen LogP contribution in [-0.4, -0.2) is 44.1 Å². The summed E-state index contributed by atoms with van der Waals surface area (Å²) in [5.41, 5.74) is 2.74. The Kier molecular flexibility index (Phi) is 7.68. The molecule has 37 heavy (non-hydrogen) atoms. The van der Waals surface area contributed by atoms with Crippen LogP contribution >= 0.6 is 0 Å². The van der Waals surface area contributed by atoms with E-state index < -0.39 is 5.97 Å². The molecule has 2 aromatic heterocycles. The molecule has 0 bridgehead atoms. The number of ether oxygens (including phenoxy) is 1. The second-order valence-corrected chi connectivity index (χ2v) is 10.9. The zero-order valence-electron chi connectivity index (χ0n) is 22.0. The Labute approximate surface area is 218 Å². The molecule has 1 amide bonds. The van der Waals surface area contributed by atoms with Crippen LogP contribution in [0.25, 0.3) is 16.7 Å². The van der Waals surface area contributed by atoms with Crippen LogP contribution in [0.4, 0.5) is 4.39 Å². The fourth-order valence-electron chi connectivity index (χ4n) is 6.22. The number of amides is 1. The van der Waals surface area contributed by atoms with Crippen LogP contribution in [0.15, 0.2) is 42.6 Å². The average Bonchev–Trinajstić information content (AvgIpc) is 3.46. The minimum Gasteiger partial charge on any atom is -0.458 e. The molecule has 2 aliphatic rings. The van der Waals surface area contributed by atoms with Crippen LogP contribution in [0.2, 0.25) is 0 Å². The van der Waals surface area contributed by atoms with Crippen molar-refractivity contribution in [3.8, 4) is 5.69 Å². The summed E-state index contributed by atoms with van der Waals surface area (Å²) in [5.74, 6) is -0.655. The highest BCUT2D eigenvalue weighted by Crippen LogP contribution is 2.32. The van der Waals surface area contributed by atoms with Gasteiger partial charge in [-0.25, -0.2) is 9.18 Å². The van der Waals surface area contributed by atoms with E-state index in [1.165, 1.54) is 50.7 Å². The van der Waals surface area contributed by atoms with Crippen LogP contribution in [0.5, 0.6) is 0 Å². The third-order valence-electron chi connectivity index (χ3n) is 7.93. The van der Waals surface area contributed by atoms with Gasteiger partial charge in [-0.05, 0) is 75.9 Å². The molecule has 7 heteroatoms. The molecule has 2 saturated carbocycles. The van der Waals surface area contributed by atoms with Gasteiger partial charge in [0, 0.05) is 24.0 Å². The van der Waals surface area contributed by atoms with E-state index in [0.29, 0.717) is 5.69 Å². The first kappa shape index (κ1) is 25.6. The van der Waals surface area contributed by atoms with Gasteiger partial charge in [0.25, 0.3) is 0 Å². The van der Waals surface area contributed by atoms with Crippen molar-refractivity contribution in [1.29, 1.82) is 0 Å². The number of hydrogen-bond acceptors (Lipinski definition) is 3. The van der Waals surface area contributed by atoms with Gasteiger partial charge >= 0.3 is 5.97 Å². The number of hydrogen-bond donors (Lipinski definition) is 0. The molecule has 0 saturated heterocycles. The fraction of sp³-hybridized carbons (Fsp3) is 0.533. The number of halogens is 1. The molecule has 0 N–H and O–H groups in total. The minimum atomic E-state index is -0.438. The molecule has 5 rings (SSSR count). The normalized spacial score (nSPS) is 17.4. The summed E-state index contributed by atoms with van der Waals surface area (Å²) in [7, 11) is 0. The van der Waals surface area contributed by atoms with Crippen molar-refractivity contribution in [2.24, 2.45) is 0 Å². The second-order valence-electron chi connectivity index (χ2n) is 10.9. The van der Waals surface area contributed by atoms with Crippen molar-refractivity contribution >= 4 is 22.9 Å². The number of nitrogens with zero attached hydrogens (tertiary/aromatic N) is 3. The molecule has 2 aliphatic carbocycles. The molecule has 0 unspecified atom stereocenters. The maximum atomic E-state index is 14.1. The number of carbonyl (C=O) groups excluding carboxylic acids is 2. The van der Waals surface area contributed by atoms with Crippen molar-refractivity contribution in [1.82, 2.24) is 14.0 Å². The number of benzene rings is 1. The van der Waals surface area contributed by atoms with Gasteiger partial charge in [-0.1, -0.05) is 38.5 Å². The monoisotopic (exact) mass is 507 g/mol. The maximum Gasteiger partial charge on any atom is 0.355 e. The van der Waals surface area contributed by atoms with Gasteiger partial charge in [0.05, 0.1) is 17.1 Å². The Morgan fingerprint density at radius 2 is 1.51 bits per heavy atom. The largest absolute Gasteiger partial charge is 0.458 e. The maximum absolute atomic E-state index is 14.1. The predicted octanol–water partition coefficient (Wildman–Crippen LogP) is 6.63. The molecule has 0 aliphatic heterocycles. The highest BCUT2D eigenvalue weighted by Gasteiger charge is 2.33. The first-order chi connectivity index (χ1) is 17.9. The van der Waals surface area contributed by atoms with Crippen molar-refractivity contribution in [2.45, 2.75) is 103 Å². The quantitative estimate of drug-likeness (QED) is 0.337. The summed E-state index contributed by atoms with van der Waals surface area (Å²) in [4.78, 5) is 29.4. The molecule has 0 spiro atoms. The number of rotatable bonds is 7. The van der Waals surface area contributed by atoms with Gasteiger partial charge in [-0.2, -0.15) is 0 Å². The lowest BCUT2D eigenvalue weighted by molar-refractivity contribution is -0.138. The molecule has 6 nitrogen and oxygen atoms in total. The Balaban J connectivity index is 1.52. The van der Waals surface area contributed by atoms with E-state index >= 15 is 0 Å². The molecule has 1 aromatic carbocycles. The van der Waals surface area contributed by atoms with Crippen LogP contribution in [0, 0.1) is 5.82 Å². The van der Waals surface area contributed by atoms with Crippen LogP contribution < -0.4 is 0 Å². The molecule has 2 fully saturated rings. The zero-order valence-corrected chi connectivity index (χ0v) is 22.0. The van der Waals surface area contributed by atoms with Gasteiger partial charge in [0.1, 0.15) is 18.1 Å². The number of carbonyl (C=O) groups is 2. The summed E-state index contributed by atoms with van der Waals surface area (Å²) in [6.07, 6.45) is 13.0. The molecule has 198 valence electrons. The first-order valence-electron chi connectivity index (χ1n) is 13.9. The molecule has 2 heterocycles. The smallest absolute Gasteiger partial charge is 0.355 e. The third kappa shape index (κ3) is 5.46. The van der Waals surface area contributed by atoms with E-state index in [4.69, 9.17) is 4.74 Å². The SMILES string of the molecule is CC(C)OC(=O)c1cc2c(ccn2-c2ccc(F)cc2)n1CC(=O)N(C1CCCCC1)C1CCCCC1. The number of esters is 1. The van der Waals surface area contributed by atoms with Crippen LogP contribution in [0.3, 0.4) is 0 Å². The molecular weight excluding hydrogens is 469 g/mol. The summed E-state index contributed by atoms with van der Waals surface area (Å²) >= 11 is 0. The van der Waals surface area contributed by atoms with Crippen molar-refractivity contribution in [3.63, 3.8) is 0 Å². The lowest BCUT2D eigenvalue weighted by Crippen LogP contribution is -2.50. The van der Waals surface area contributed by atoms with Crippen LogP contribution in [0.1, 0.15) is 88.5 Å². The van der Waals surface area contributed by atoms with Gasteiger partial charge in [-0.3, -0.25) is 4.79 Å². The van der Waals surface area contributed by atoms with Gasteiger partial charge in [-0.15, -0.1) is 0 Å². The number of aromatic nitrogens is 2. The average molecular weight is 508 g/mol. The Hall–Kier alpha value is -3.09. The van der Waals surface area contributed by atoms with E-state index in [9.17, 15) is 14.0 Å². The molecule has 0 atom stereocenters. The van der Waals surface area contributed by atoms with E-state index in [2.05, 4.69) is 4.90 Å². The third-order valence-corrected chi connectivity index (χ3v) is 7.93. The van der Waals surface area contributed by atoms with Gasteiger partial charge in [0.2, 0.25) is 5.91 Å². The Morgan fingerprint density at radius 1 is 0.919 bits per heavy atom. The topological polar surface area (TPSA) is 56.5 Å². The fourth-order valence-corrected chi connectivity index (χ4v) is 6.22. The predicted molar refractivity (Wildman–Crippen MR) is 142 cm³/mol. The highest BCUT2D eigenvalue weighted by molar-refractivity contribution is 5.96. The standard InChI is InChI=1S/C30H38FN3O3/c1-21(2)37-30(36)28-19-27-26(17-18-32(27)23-15-13-22(31)14-16-23)33(28)20-29(35)34(24-9-5-3-6-10-24)25-11-7-4-8-12-25/h13-19,21,24-25H,3-12,20H2,1-2H3. The van der Waals surface area contributed by atoms with E-state index in [0.717, 1.165) is 42.4 Å². The van der Waals surface area contributed by atoms with E-state index in [1.807, 2.05) is 35.2 Å². The van der Waals surface area contributed by atoms with E-state index in [1.54, 1.807) is 18.2 Å². The van der Waals surface area contributed by atoms with Crippen molar-refractivity contribution < 1.29 is 18.7 Å². The van der Waals surface area contributed by atoms with E-state index in [-0.39, 0.29) is 36.5 Å². The molecular formula is C30H38FN3O3. The first-order valence-corrected chi connectivity index (χ1v) is 13.9. The number of fused-ring (bicyclic) bond motifs is 1. The van der Waals surface area contributed by atoms with Crippen molar-refractivity contribution in [3.05, 3.63) is 54.1 Å². The minimum absolute atomic E-state index is 0.0874. The summed E-state index contributed by atoms with van der Waals surface area (Å²) in [6, 6.07) is 10.5. The lowest BCUT2D eigenvalue weighted by atomic mass is 9.88. The Bertz CT molecular complexity index is 1210. The van der Waals surface area contributed by atoms with Gasteiger partial charge < -0.3 is 18.8 Å². The zero-order chi connectivity index (χ0) is 25.9. The summed E-state index contributed by atoms with van der Waals surface area (Å²) < 4.78 is 22.9. The lowest BCUT2D eigenvalue weighted by Gasteiger charge is -2.42. The summed E-state index contributed by atoms with van der Waals surface area (Å²) in [6.45, 7) is 3.75. The summed E-state index contributed by atoms with van der Waals surface area (Å²) in [5, 5.41) is 0. The molecule has 3 aromatic rings. The van der Waals surface area contributed by atoms with Gasteiger partial charge in [0.15, 0.2) is 0 Å². The highest BCUT2D eigenvalue weighted by atomic mass is 19.1.